The fourth-order valence-electron chi connectivity index (χ4n) is 6.24. The molecule has 0 spiro atoms. The summed E-state index contributed by atoms with van der Waals surface area (Å²) in [6.07, 6.45) is 9.73. The second-order valence-corrected chi connectivity index (χ2v) is 11.4. The second kappa shape index (κ2) is 9.03. The lowest BCUT2D eigenvalue weighted by Gasteiger charge is -2.55. The van der Waals surface area contributed by atoms with E-state index < -0.39 is 15.6 Å². The first kappa shape index (κ1) is 25.1. The summed E-state index contributed by atoms with van der Waals surface area (Å²) in [5.41, 5.74) is -4.04. The Kier molecular flexibility index (Phi) is 7.09. The maximum absolute atomic E-state index is 12.6. The van der Waals surface area contributed by atoms with Gasteiger partial charge in [0.05, 0.1) is 0 Å². The van der Waals surface area contributed by atoms with E-state index >= 15 is 0 Å². The van der Waals surface area contributed by atoms with Crippen LogP contribution in [0.15, 0.2) is 23.5 Å². The molecule has 3 aliphatic rings. The summed E-state index contributed by atoms with van der Waals surface area (Å²) >= 11 is 0. The molecule has 0 heterocycles. The number of ether oxygens (including phenoxy) is 1. The highest BCUT2D eigenvalue weighted by Gasteiger charge is 2.51. The summed E-state index contributed by atoms with van der Waals surface area (Å²) in [5, 5.41) is 0. The van der Waals surface area contributed by atoms with Crippen molar-refractivity contribution in [2.45, 2.75) is 84.3 Å². The molecule has 3 rings (SSSR count). The van der Waals surface area contributed by atoms with E-state index in [0.717, 1.165) is 38.5 Å². The first-order chi connectivity index (χ1) is 14.7. The lowest BCUT2D eigenvalue weighted by atomic mass is 9.50. The van der Waals surface area contributed by atoms with Gasteiger partial charge in [-0.05, 0) is 74.2 Å². The molecule has 0 bridgehead atoms. The maximum atomic E-state index is 12.6. The van der Waals surface area contributed by atoms with Crippen LogP contribution in [-0.4, -0.2) is 26.0 Å². The standard InChI is InChI=1S/C23H33F3O5S/c1-14-5-10-21-20(19(14)8-6-15(2)31-32(28,29)23(24,25)26)9-7-17-13-18(30-16(3)27)11-12-22(17,21)4/h6-7,14,18-21H,5,8-13H2,1-4H3/b15-6+/t14-,18+,19?,20?,21?,22+/m1/s1. The van der Waals surface area contributed by atoms with Gasteiger partial charge in [0.15, 0.2) is 0 Å². The summed E-state index contributed by atoms with van der Waals surface area (Å²) in [5.74, 6) is 0.960. The van der Waals surface area contributed by atoms with Gasteiger partial charge in [-0.25, -0.2) is 0 Å². The third kappa shape index (κ3) is 5.02. The van der Waals surface area contributed by atoms with E-state index in [1.54, 1.807) is 0 Å². The molecule has 182 valence electrons. The molecule has 32 heavy (non-hydrogen) atoms. The minimum absolute atomic E-state index is 0.0346. The fourth-order valence-corrected chi connectivity index (χ4v) is 6.75. The SMILES string of the molecule is CC(=O)O[C@H]1CC[C@@]2(C)C(=CCC3C(C/C=C(\C)OS(=O)(=O)C(F)(F)F)[C@H](C)CCC32)C1. The van der Waals surface area contributed by atoms with E-state index in [9.17, 15) is 26.4 Å². The third-order valence-corrected chi connectivity index (χ3v) is 8.94. The lowest BCUT2D eigenvalue weighted by Crippen LogP contribution is -2.47. The van der Waals surface area contributed by atoms with Crippen molar-refractivity contribution in [1.29, 1.82) is 0 Å². The highest BCUT2D eigenvalue weighted by molar-refractivity contribution is 7.87. The van der Waals surface area contributed by atoms with Gasteiger partial charge >= 0.3 is 21.6 Å². The molecule has 0 aromatic heterocycles. The Morgan fingerprint density at radius 3 is 2.56 bits per heavy atom. The summed E-state index contributed by atoms with van der Waals surface area (Å²) in [7, 11) is -5.64. The molecule has 2 fully saturated rings. The molecule has 3 unspecified atom stereocenters. The number of allylic oxidation sites excluding steroid dienone is 3. The zero-order valence-corrected chi connectivity index (χ0v) is 19.9. The summed E-state index contributed by atoms with van der Waals surface area (Å²) in [4.78, 5) is 11.4. The number of halogens is 3. The van der Waals surface area contributed by atoms with Crippen molar-refractivity contribution in [1.82, 2.24) is 0 Å². The van der Waals surface area contributed by atoms with Crippen molar-refractivity contribution < 1.29 is 35.3 Å². The number of hydrogen-bond acceptors (Lipinski definition) is 5. The predicted octanol–water partition coefficient (Wildman–Crippen LogP) is 5.88. The molecule has 0 aliphatic heterocycles. The minimum atomic E-state index is -5.64. The molecule has 0 N–H and O–H groups in total. The highest BCUT2D eigenvalue weighted by atomic mass is 32.2. The average molecular weight is 479 g/mol. The monoisotopic (exact) mass is 478 g/mol. The molecule has 0 aromatic rings. The second-order valence-electron chi connectivity index (χ2n) is 9.88. The van der Waals surface area contributed by atoms with Crippen LogP contribution in [0.1, 0.15) is 72.6 Å². The number of carbonyl (C=O) groups is 1. The van der Waals surface area contributed by atoms with E-state index in [0.29, 0.717) is 24.2 Å². The van der Waals surface area contributed by atoms with Gasteiger partial charge in [-0.15, -0.1) is 0 Å². The van der Waals surface area contributed by atoms with Crippen molar-refractivity contribution in [3.63, 3.8) is 0 Å². The number of rotatable bonds is 5. The molecule has 6 atom stereocenters. The number of fused-ring (bicyclic) bond motifs is 3. The Labute approximate surface area is 188 Å². The first-order valence-corrected chi connectivity index (χ1v) is 12.7. The molecule has 5 nitrogen and oxygen atoms in total. The Bertz CT molecular complexity index is 892. The Morgan fingerprint density at radius 1 is 1.25 bits per heavy atom. The molecule has 2 saturated carbocycles. The molecular weight excluding hydrogens is 445 g/mol. The van der Waals surface area contributed by atoms with E-state index in [2.05, 4.69) is 24.1 Å². The molecule has 0 saturated heterocycles. The van der Waals surface area contributed by atoms with Crippen molar-refractivity contribution >= 4 is 16.1 Å². The number of hydrogen-bond donors (Lipinski definition) is 0. The zero-order chi connectivity index (χ0) is 23.9. The van der Waals surface area contributed by atoms with Crippen LogP contribution in [0.5, 0.6) is 0 Å². The topological polar surface area (TPSA) is 69.7 Å². The van der Waals surface area contributed by atoms with Gasteiger partial charge in [-0.1, -0.05) is 31.9 Å². The van der Waals surface area contributed by atoms with Crippen LogP contribution in [0.3, 0.4) is 0 Å². The quantitative estimate of drug-likeness (QED) is 0.162. The van der Waals surface area contributed by atoms with Crippen molar-refractivity contribution in [2.75, 3.05) is 0 Å². The van der Waals surface area contributed by atoms with E-state index in [4.69, 9.17) is 4.74 Å². The largest absolute Gasteiger partial charge is 0.534 e. The van der Waals surface area contributed by atoms with Crippen molar-refractivity contribution in [3.05, 3.63) is 23.5 Å². The van der Waals surface area contributed by atoms with Crippen LogP contribution in [0.4, 0.5) is 13.2 Å². The third-order valence-electron chi connectivity index (χ3n) is 7.89. The first-order valence-electron chi connectivity index (χ1n) is 11.3. The van der Waals surface area contributed by atoms with Crippen LogP contribution in [0, 0.1) is 29.1 Å². The van der Waals surface area contributed by atoms with E-state index in [1.165, 1.54) is 25.5 Å². The van der Waals surface area contributed by atoms with Gasteiger partial charge in [0.1, 0.15) is 11.9 Å². The highest BCUT2D eigenvalue weighted by Crippen LogP contribution is 2.59. The molecule has 0 amide bonds. The predicted molar refractivity (Wildman–Crippen MR) is 114 cm³/mol. The average Bonchev–Trinajstić information content (AvgIpc) is 2.65. The van der Waals surface area contributed by atoms with Gasteiger partial charge in [0.25, 0.3) is 0 Å². The Balaban J connectivity index is 1.75. The van der Waals surface area contributed by atoms with Crippen LogP contribution < -0.4 is 0 Å². The maximum Gasteiger partial charge on any atom is 0.534 e. The van der Waals surface area contributed by atoms with Gasteiger partial charge in [0, 0.05) is 13.3 Å². The Hall–Kier alpha value is -1.51. The van der Waals surface area contributed by atoms with Gasteiger partial charge in [-0.3, -0.25) is 4.79 Å². The number of carbonyl (C=O) groups excluding carboxylic acids is 1. The fraction of sp³-hybridized carbons (Fsp3) is 0.783. The van der Waals surface area contributed by atoms with Crippen molar-refractivity contribution in [2.24, 2.45) is 29.1 Å². The normalized spacial score (nSPS) is 35.9. The van der Waals surface area contributed by atoms with E-state index in [-0.39, 0.29) is 29.2 Å². The van der Waals surface area contributed by atoms with Crippen molar-refractivity contribution in [3.8, 4) is 0 Å². The lowest BCUT2D eigenvalue weighted by molar-refractivity contribution is -0.148. The summed E-state index contributed by atoms with van der Waals surface area (Å²) in [6, 6.07) is 0. The van der Waals surface area contributed by atoms with Crippen LogP contribution >= 0.6 is 0 Å². The molecule has 0 radical (unpaired) electrons. The summed E-state index contributed by atoms with van der Waals surface area (Å²) < 4.78 is 70.1. The number of esters is 1. The number of alkyl halides is 3. The van der Waals surface area contributed by atoms with Gasteiger partial charge < -0.3 is 8.92 Å². The Morgan fingerprint density at radius 2 is 1.94 bits per heavy atom. The van der Waals surface area contributed by atoms with Gasteiger partial charge in [0.2, 0.25) is 0 Å². The zero-order valence-electron chi connectivity index (χ0n) is 19.1. The van der Waals surface area contributed by atoms with Gasteiger partial charge in [-0.2, -0.15) is 21.6 Å². The molecular formula is C23H33F3O5S. The van der Waals surface area contributed by atoms with Crippen LogP contribution in [0.25, 0.3) is 0 Å². The molecule has 0 aromatic carbocycles. The van der Waals surface area contributed by atoms with E-state index in [1.807, 2.05) is 0 Å². The summed E-state index contributed by atoms with van der Waals surface area (Å²) in [6.45, 7) is 7.15. The molecule has 9 heteroatoms. The van der Waals surface area contributed by atoms with Crippen LogP contribution in [0.2, 0.25) is 0 Å². The smallest absolute Gasteiger partial charge is 0.462 e. The molecule has 3 aliphatic carbocycles. The van der Waals surface area contributed by atoms with Crippen LogP contribution in [-0.2, 0) is 23.8 Å². The minimum Gasteiger partial charge on any atom is -0.462 e.